The molecule has 0 bridgehead atoms. The fraction of sp³-hybridized carbons (Fsp3) is 0.400. The predicted octanol–water partition coefficient (Wildman–Crippen LogP) is 4.05. The van der Waals surface area contributed by atoms with Crippen LogP contribution in [0.4, 0.5) is 5.82 Å². The molecule has 5 nitrogen and oxygen atoms in total. The van der Waals surface area contributed by atoms with E-state index >= 15 is 0 Å². The molecule has 1 heterocycles. The van der Waals surface area contributed by atoms with E-state index < -0.39 is 0 Å². The normalized spacial score (nSPS) is 10.9. The molecule has 0 radical (unpaired) electrons. The first-order valence-corrected chi connectivity index (χ1v) is 10.0. The Morgan fingerprint density at radius 3 is 2.63 bits per heavy atom. The topological polar surface area (TPSA) is 52.6 Å². The Morgan fingerprint density at radius 2 is 1.96 bits per heavy atom. The molecule has 0 spiro atoms. The highest BCUT2D eigenvalue weighted by Crippen LogP contribution is 2.21. The number of nitrogens with one attached hydrogen (secondary N) is 2. The maximum atomic E-state index is 4.71. The molecule has 0 unspecified atom stereocenters. The first-order chi connectivity index (χ1) is 12.5. The number of hydrogen-bond donors (Lipinski definition) is 2. The number of anilines is 1. The molecule has 0 fully saturated rings. The first-order valence-electron chi connectivity index (χ1n) is 8.81. The summed E-state index contributed by atoms with van der Waals surface area (Å²) in [6.45, 7) is 6.39. The highest BCUT2D eigenvalue weighted by Gasteiger charge is 2.04. The van der Waals surface area contributed by atoms with Crippen LogP contribution in [0.2, 0.25) is 0 Å². The molecule has 7 heteroatoms. The van der Waals surface area contributed by atoms with Crippen LogP contribution < -0.4 is 15.5 Å². The van der Waals surface area contributed by atoms with E-state index in [-0.39, 0.29) is 24.0 Å². The monoisotopic (exact) mass is 499 g/mol. The van der Waals surface area contributed by atoms with Crippen LogP contribution in [-0.4, -0.2) is 37.8 Å². The highest BCUT2D eigenvalue weighted by atomic mass is 127. The molecule has 1 aromatic carbocycles. The number of aliphatic imine (C=N–C) groups is 1. The van der Waals surface area contributed by atoms with Crippen LogP contribution in [0.25, 0.3) is 0 Å². The summed E-state index contributed by atoms with van der Waals surface area (Å²) >= 11 is 1.78. The van der Waals surface area contributed by atoms with Crippen LogP contribution in [0.5, 0.6) is 0 Å². The number of aryl methyl sites for hydroxylation is 1. The zero-order valence-corrected chi connectivity index (χ0v) is 19.9. The number of rotatable bonds is 7. The van der Waals surface area contributed by atoms with Crippen molar-refractivity contribution in [1.29, 1.82) is 0 Å². The summed E-state index contributed by atoms with van der Waals surface area (Å²) in [5.74, 6) is 1.77. The molecule has 0 amide bonds. The molecule has 0 saturated heterocycles. The Kier molecular flexibility index (Phi) is 10.5. The Bertz CT molecular complexity index is 749. The number of pyridine rings is 1. The molecule has 0 aliphatic heterocycles. The zero-order valence-electron chi connectivity index (χ0n) is 16.7. The van der Waals surface area contributed by atoms with E-state index in [9.17, 15) is 0 Å². The molecule has 0 aliphatic rings. The Balaban J connectivity index is 0.00000364. The van der Waals surface area contributed by atoms with Crippen molar-refractivity contribution in [1.82, 2.24) is 15.6 Å². The van der Waals surface area contributed by atoms with E-state index in [0.717, 1.165) is 30.4 Å². The standard InChI is InChI=1S/C20H29N5S.HI/c1-6-21-20(23-13-16-9-10-22-19(12-16)25(3)4)24-14-17-8-7-15(2)11-18(17)26-5;/h7-12H,6,13-14H2,1-5H3,(H2,21,23,24);1H. The SMILES string of the molecule is CCNC(=NCc1ccnc(N(C)C)c1)NCc1ccc(C)cc1SC.I. The van der Waals surface area contributed by atoms with Gasteiger partial charge in [0.15, 0.2) is 5.96 Å². The molecular formula is C20H30IN5S. The van der Waals surface area contributed by atoms with Gasteiger partial charge in [0.1, 0.15) is 5.82 Å². The van der Waals surface area contributed by atoms with Crippen molar-refractivity contribution < 1.29 is 0 Å². The van der Waals surface area contributed by atoms with Gasteiger partial charge in [0.05, 0.1) is 6.54 Å². The second-order valence-corrected chi connectivity index (χ2v) is 7.13. The molecule has 2 aromatic rings. The maximum Gasteiger partial charge on any atom is 0.191 e. The van der Waals surface area contributed by atoms with Gasteiger partial charge >= 0.3 is 0 Å². The second kappa shape index (κ2) is 12.1. The second-order valence-electron chi connectivity index (χ2n) is 6.28. The molecule has 2 rings (SSSR count). The van der Waals surface area contributed by atoms with Crippen molar-refractivity contribution >= 4 is 47.5 Å². The van der Waals surface area contributed by atoms with Crippen molar-refractivity contribution in [2.75, 3.05) is 31.8 Å². The number of nitrogens with zero attached hydrogens (tertiary/aromatic N) is 3. The lowest BCUT2D eigenvalue weighted by Gasteiger charge is -2.14. The zero-order chi connectivity index (χ0) is 18.9. The number of benzene rings is 1. The summed E-state index contributed by atoms with van der Waals surface area (Å²) < 4.78 is 0. The van der Waals surface area contributed by atoms with E-state index in [1.807, 2.05) is 31.3 Å². The molecule has 27 heavy (non-hydrogen) atoms. The van der Waals surface area contributed by atoms with E-state index in [1.165, 1.54) is 16.0 Å². The summed E-state index contributed by atoms with van der Waals surface area (Å²) in [5.41, 5.74) is 3.71. The van der Waals surface area contributed by atoms with E-state index in [0.29, 0.717) is 6.54 Å². The van der Waals surface area contributed by atoms with Crippen LogP contribution >= 0.6 is 35.7 Å². The Labute approximate surface area is 184 Å². The number of halogens is 1. The van der Waals surface area contributed by atoms with Gasteiger partial charge in [-0.15, -0.1) is 35.7 Å². The van der Waals surface area contributed by atoms with Crippen LogP contribution in [0, 0.1) is 6.92 Å². The van der Waals surface area contributed by atoms with Gasteiger partial charge in [0.2, 0.25) is 0 Å². The predicted molar refractivity (Wildman–Crippen MR) is 129 cm³/mol. The number of thioether (sulfide) groups is 1. The average Bonchev–Trinajstić information content (AvgIpc) is 2.64. The van der Waals surface area contributed by atoms with Gasteiger partial charge in [-0.05, 0) is 55.0 Å². The third-order valence-corrected chi connectivity index (χ3v) is 4.74. The molecule has 148 valence electrons. The Morgan fingerprint density at radius 1 is 1.19 bits per heavy atom. The van der Waals surface area contributed by atoms with Gasteiger partial charge in [-0.3, -0.25) is 0 Å². The van der Waals surface area contributed by atoms with Gasteiger partial charge in [0, 0.05) is 38.3 Å². The van der Waals surface area contributed by atoms with E-state index in [2.05, 4.69) is 60.0 Å². The van der Waals surface area contributed by atoms with Crippen molar-refractivity contribution in [3.05, 3.63) is 53.2 Å². The van der Waals surface area contributed by atoms with Crippen molar-refractivity contribution in [2.24, 2.45) is 4.99 Å². The fourth-order valence-electron chi connectivity index (χ4n) is 2.49. The quantitative estimate of drug-likeness (QED) is 0.261. The summed E-state index contributed by atoms with van der Waals surface area (Å²) in [6, 6.07) is 10.6. The highest BCUT2D eigenvalue weighted by molar-refractivity contribution is 14.0. The summed E-state index contributed by atoms with van der Waals surface area (Å²) in [6.07, 6.45) is 3.95. The van der Waals surface area contributed by atoms with Gasteiger partial charge in [-0.25, -0.2) is 9.98 Å². The van der Waals surface area contributed by atoms with Gasteiger partial charge in [0.25, 0.3) is 0 Å². The lowest BCUT2D eigenvalue weighted by atomic mass is 10.1. The fourth-order valence-corrected chi connectivity index (χ4v) is 3.20. The van der Waals surface area contributed by atoms with E-state index in [4.69, 9.17) is 4.99 Å². The van der Waals surface area contributed by atoms with Crippen molar-refractivity contribution in [3.8, 4) is 0 Å². The number of aromatic nitrogens is 1. The van der Waals surface area contributed by atoms with Gasteiger partial charge in [-0.2, -0.15) is 0 Å². The van der Waals surface area contributed by atoms with Crippen LogP contribution in [0.1, 0.15) is 23.6 Å². The molecule has 1 aromatic heterocycles. The average molecular weight is 499 g/mol. The number of hydrogen-bond acceptors (Lipinski definition) is 4. The van der Waals surface area contributed by atoms with Crippen molar-refractivity contribution in [3.63, 3.8) is 0 Å². The number of guanidine groups is 1. The molecule has 2 N–H and O–H groups in total. The van der Waals surface area contributed by atoms with Crippen LogP contribution in [-0.2, 0) is 13.1 Å². The summed E-state index contributed by atoms with van der Waals surface area (Å²) in [7, 11) is 3.98. The first kappa shape index (κ1) is 23.6. The van der Waals surface area contributed by atoms with Crippen LogP contribution in [0.3, 0.4) is 0 Å². The summed E-state index contributed by atoms with van der Waals surface area (Å²) in [5, 5.41) is 6.75. The lowest BCUT2D eigenvalue weighted by Crippen LogP contribution is -2.36. The lowest BCUT2D eigenvalue weighted by molar-refractivity contribution is 0.807. The third-order valence-electron chi connectivity index (χ3n) is 3.92. The summed E-state index contributed by atoms with van der Waals surface area (Å²) in [4.78, 5) is 12.4. The third kappa shape index (κ3) is 7.57. The minimum atomic E-state index is 0. The molecular weight excluding hydrogens is 469 g/mol. The largest absolute Gasteiger partial charge is 0.363 e. The van der Waals surface area contributed by atoms with Crippen LogP contribution in [0.15, 0.2) is 46.4 Å². The van der Waals surface area contributed by atoms with E-state index in [1.54, 1.807) is 11.8 Å². The molecule has 0 saturated carbocycles. The Hall–Kier alpha value is -1.48. The van der Waals surface area contributed by atoms with Gasteiger partial charge in [-0.1, -0.05) is 12.1 Å². The molecule has 0 aliphatic carbocycles. The minimum absolute atomic E-state index is 0. The van der Waals surface area contributed by atoms with Gasteiger partial charge < -0.3 is 15.5 Å². The minimum Gasteiger partial charge on any atom is -0.363 e. The maximum absolute atomic E-state index is 4.71. The van der Waals surface area contributed by atoms with Crippen molar-refractivity contribution in [2.45, 2.75) is 31.8 Å². The molecule has 0 atom stereocenters. The smallest absolute Gasteiger partial charge is 0.191 e.